The maximum Gasteiger partial charge on any atom is 0.357 e. The predicted molar refractivity (Wildman–Crippen MR) is 74.5 cm³/mol. The molecule has 0 saturated carbocycles. The van der Waals surface area contributed by atoms with Gasteiger partial charge in [0.05, 0.1) is 11.3 Å². The quantitative estimate of drug-likeness (QED) is 0.773. The van der Waals surface area contributed by atoms with Gasteiger partial charge in [0.15, 0.2) is 11.3 Å². The highest BCUT2D eigenvalue weighted by molar-refractivity contribution is 5.97. The van der Waals surface area contributed by atoms with E-state index in [0.717, 1.165) is 0 Å². The molecule has 0 radical (unpaired) electrons. The summed E-state index contributed by atoms with van der Waals surface area (Å²) in [6.07, 6.45) is 4.85. The number of hydrogen-bond acceptors (Lipinski definition) is 4. The Bertz CT molecular complexity index is 722. The van der Waals surface area contributed by atoms with E-state index < -0.39 is 5.97 Å². The first-order valence-electron chi connectivity index (χ1n) is 6.25. The molecule has 0 spiro atoms. The van der Waals surface area contributed by atoms with Gasteiger partial charge in [0.1, 0.15) is 0 Å². The number of nitrogens with zero attached hydrogens (tertiary/aromatic N) is 4. The van der Waals surface area contributed by atoms with Crippen molar-refractivity contribution in [1.82, 2.24) is 19.6 Å². The van der Waals surface area contributed by atoms with Crippen molar-refractivity contribution in [2.45, 2.75) is 13.8 Å². The minimum Gasteiger partial charge on any atom is -0.476 e. The number of carboxylic acid groups (broad SMARTS) is 1. The fourth-order valence-corrected chi connectivity index (χ4v) is 1.78. The van der Waals surface area contributed by atoms with Crippen LogP contribution >= 0.6 is 0 Å². The molecule has 3 aromatic rings. The second-order valence-electron chi connectivity index (χ2n) is 3.63. The molecule has 3 rings (SSSR count). The molecule has 1 N–H and O–H groups in total. The Labute approximate surface area is 115 Å². The van der Waals surface area contributed by atoms with Crippen LogP contribution < -0.4 is 0 Å². The molecule has 6 heteroatoms. The van der Waals surface area contributed by atoms with Crippen molar-refractivity contribution < 1.29 is 9.90 Å². The van der Waals surface area contributed by atoms with Crippen molar-refractivity contribution >= 4 is 11.6 Å². The van der Waals surface area contributed by atoms with E-state index in [9.17, 15) is 9.90 Å². The first-order chi connectivity index (χ1) is 9.77. The minimum absolute atomic E-state index is 0.0487. The lowest BCUT2D eigenvalue weighted by atomic mass is 10.1. The van der Waals surface area contributed by atoms with E-state index in [1.165, 1.54) is 4.52 Å². The largest absolute Gasteiger partial charge is 0.476 e. The summed E-state index contributed by atoms with van der Waals surface area (Å²) in [5.74, 6) is -1.10. The summed E-state index contributed by atoms with van der Waals surface area (Å²) < 4.78 is 1.44. The van der Waals surface area contributed by atoms with Gasteiger partial charge in [-0.05, 0) is 18.2 Å². The van der Waals surface area contributed by atoms with Crippen LogP contribution in [0.2, 0.25) is 0 Å². The third-order valence-corrected chi connectivity index (χ3v) is 2.52. The monoisotopic (exact) mass is 270 g/mol. The zero-order valence-corrected chi connectivity index (χ0v) is 11.2. The normalized spacial score (nSPS) is 9.90. The molecule has 0 unspecified atom stereocenters. The number of rotatable bonds is 2. The molecule has 3 heterocycles. The topological polar surface area (TPSA) is 80.4 Å². The van der Waals surface area contributed by atoms with E-state index >= 15 is 0 Å². The van der Waals surface area contributed by atoms with Gasteiger partial charge in [-0.3, -0.25) is 4.98 Å². The van der Waals surface area contributed by atoms with Gasteiger partial charge in [0, 0.05) is 18.6 Å². The second-order valence-corrected chi connectivity index (χ2v) is 3.63. The van der Waals surface area contributed by atoms with Gasteiger partial charge in [-0.15, -0.1) is 0 Å². The molecule has 20 heavy (non-hydrogen) atoms. The summed E-state index contributed by atoms with van der Waals surface area (Å²) in [5, 5.41) is 13.2. The number of aromatic nitrogens is 4. The van der Waals surface area contributed by atoms with E-state index in [-0.39, 0.29) is 5.69 Å². The molecule has 0 aromatic carbocycles. The summed E-state index contributed by atoms with van der Waals surface area (Å²) in [6, 6.07) is 6.98. The van der Waals surface area contributed by atoms with E-state index in [0.29, 0.717) is 16.9 Å². The molecule has 0 atom stereocenters. The van der Waals surface area contributed by atoms with E-state index in [4.69, 9.17) is 0 Å². The van der Waals surface area contributed by atoms with E-state index in [1.54, 1.807) is 42.9 Å². The lowest BCUT2D eigenvalue weighted by Crippen LogP contribution is -2.00. The molecule has 102 valence electrons. The summed E-state index contributed by atoms with van der Waals surface area (Å²) in [5.41, 5.74) is 1.41. The maximum absolute atomic E-state index is 11.2. The predicted octanol–water partition coefficient (Wildman–Crippen LogP) is 2.52. The van der Waals surface area contributed by atoms with E-state index in [2.05, 4.69) is 15.1 Å². The highest BCUT2D eigenvalue weighted by Gasteiger charge is 2.21. The third kappa shape index (κ3) is 2.35. The number of fused-ring (bicyclic) bond motifs is 1. The Kier molecular flexibility index (Phi) is 4.05. The van der Waals surface area contributed by atoms with Crippen LogP contribution in [0.3, 0.4) is 0 Å². The standard InChI is InChI=1S/C12H8N4O2.C2H6/c17-12(18)10-9(8-4-1-2-5-13-8)11-14-6-3-7-16(11)15-10;1-2/h1-7H,(H,17,18);1-2H3. The first-order valence-corrected chi connectivity index (χ1v) is 6.25. The number of aromatic carboxylic acids is 1. The summed E-state index contributed by atoms with van der Waals surface area (Å²) >= 11 is 0. The number of pyridine rings is 1. The average Bonchev–Trinajstić information content (AvgIpc) is 2.90. The Morgan fingerprint density at radius 3 is 2.55 bits per heavy atom. The number of carboxylic acids is 1. The number of carbonyl (C=O) groups is 1. The molecule has 3 aromatic heterocycles. The van der Waals surface area contributed by atoms with Crippen molar-refractivity contribution in [2.75, 3.05) is 0 Å². The lowest BCUT2D eigenvalue weighted by Gasteiger charge is -1.98. The fourth-order valence-electron chi connectivity index (χ4n) is 1.78. The molecular weight excluding hydrogens is 256 g/mol. The van der Waals surface area contributed by atoms with Crippen molar-refractivity contribution in [1.29, 1.82) is 0 Å². The van der Waals surface area contributed by atoms with Crippen LogP contribution in [-0.4, -0.2) is 30.7 Å². The first kappa shape index (κ1) is 13.7. The highest BCUT2D eigenvalue weighted by atomic mass is 16.4. The van der Waals surface area contributed by atoms with Gasteiger partial charge in [-0.2, -0.15) is 5.10 Å². The molecular formula is C14H14N4O2. The van der Waals surface area contributed by atoms with Crippen LogP contribution in [0.5, 0.6) is 0 Å². The second kappa shape index (κ2) is 5.92. The van der Waals surface area contributed by atoms with Gasteiger partial charge >= 0.3 is 5.97 Å². The minimum atomic E-state index is -1.10. The Hall–Kier alpha value is -2.76. The Morgan fingerprint density at radius 2 is 1.90 bits per heavy atom. The summed E-state index contributed by atoms with van der Waals surface area (Å²) in [7, 11) is 0. The Morgan fingerprint density at radius 1 is 1.15 bits per heavy atom. The third-order valence-electron chi connectivity index (χ3n) is 2.52. The lowest BCUT2D eigenvalue weighted by molar-refractivity contribution is 0.0691. The van der Waals surface area contributed by atoms with Gasteiger partial charge in [-0.25, -0.2) is 14.3 Å². The molecule has 0 amide bonds. The van der Waals surface area contributed by atoms with E-state index in [1.807, 2.05) is 13.8 Å². The Balaban J connectivity index is 0.000000704. The molecule has 0 fully saturated rings. The fraction of sp³-hybridized carbons (Fsp3) is 0.143. The van der Waals surface area contributed by atoms with Gasteiger partial charge in [0.2, 0.25) is 0 Å². The van der Waals surface area contributed by atoms with Crippen molar-refractivity contribution in [3.05, 3.63) is 48.5 Å². The molecule has 0 aliphatic heterocycles. The number of hydrogen-bond donors (Lipinski definition) is 1. The van der Waals surface area contributed by atoms with Gasteiger partial charge in [-0.1, -0.05) is 19.9 Å². The van der Waals surface area contributed by atoms with Gasteiger partial charge < -0.3 is 5.11 Å². The highest BCUT2D eigenvalue weighted by Crippen LogP contribution is 2.25. The zero-order chi connectivity index (χ0) is 14.5. The van der Waals surface area contributed by atoms with Crippen LogP contribution in [0, 0.1) is 0 Å². The van der Waals surface area contributed by atoms with Crippen molar-refractivity contribution in [3.63, 3.8) is 0 Å². The smallest absolute Gasteiger partial charge is 0.357 e. The van der Waals surface area contributed by atoms with Crippen molar-refractivity contribution in [2.24, 2.45) is 0 Å². The summed E-state index contributed by atoms with van der Waals surface area (Å²) in [6.45, 7) is 4.00. The zero-order valence-electron chi connectivity index (χ0n) is 11.2. The van der Waals surface area contributed by atoms with Crippen LogP contribution in [0.4, 0.5) is 0 Å². The van der Waals surface area contributed by atoms with Crippen molar-refractivity contribution in [3.8, 4) is 11.3 Å². The molecule has 6 nitrogen and oxygen atoms in total. The SMILES string of the molecule is CC.O=C(O)c1nn2cccnc2c1-c1ccccn1. The molecule has 0 saturated heterocycles. The molecule has 0 aliphatic rings. The van der Waals surface area contributed by atoms with Crippen LogP contribution in [0.1, 0.15) is 24.3 Å². The van der Waals surface area contributed by atoms with Crippen LogP contribution in [0.15, 0.2) is 42.9 Å². The molecule has 0 bridgehead atoms. The van der Waals surface area contributed by atoms with Crippen LogP contribution in [0.25, 0.3) is 16.9 Å². The average molecular weight is 270 g/mol. The summed E-state index contributed by atoms with van der Waals surface area (Å²) in [4.78, 5) is 19.5. The maximum atomic E-state index is 11.2. The van der Waals surface area contributed by atoms with Gasteiger partial charge in [0.25, 0.3) is 0 Å². The molecule has 0 aliphatic carbocycles. The van der Waals surface area contributed by atoms with Crippen LogP contribution in [-0.2, 0) is 0 Å².